The molecule has 1 atom stereocenters. The molecular formula is C28H33FN8O. The predicted octanol–water partition coefficient (Wildman–Crippen LogP) is 4.17. The SMILES string of the molecule is Cc1ccc2[nH]nc(C)c2c1-c1nc2c(c(N3CCOCC3C)n1)CN(c1c(F)c(C3CC3)nn1C)CC2. The minimum absolute atomic E-state index is 0.171. The third-order valence-electron chi connectivity index (χ3n) is 8.27. The van der Waals surface area contributed by atoms with Crippen molar-refractivity contribution in [2.24, 2.45) is 7.05 Å². The number of aromatic amines is 1. The standard InChI is InChI=1S/C28H33FN8O/c1-15-5-8-21-23(17(3)32-33-21)22(15)26-30-20-9-10-36(28-24(29)25(18-6-7-18)34-35(28)4)13-19(20)27(31-26)37-11-12-38-14-16(37)2/h5,8,16,18H,6-7,9-14H2,1-4H3,(H,32,33). The van der Waals surface area contributed by atoms with Crippen LogP contribution < -0.4 is 9.80 Å². The van der Waals surface area contributed by atoms with Crippen molar-refractivity contribution < 1.29 is 9.13 Å². The molecule has 2 aliphatic heterocycles. The van der Waals surface area contributed by atoms with Crippen LogP contribution in [0, 0.1) is 19.7 Å². The molecule has 1 N–H and O–H groups in total. The van der Waals surface area contributed by atoms with Gasteiger partial charge in [-0.2, -0.15) is 10.2 Å². The van der Waals surface area contributed by atoms with Crippen molar-refractivity contribution in [2.75, 3.05) is 36.1 Å². The van der Waals surface area contributed by atoms with Crippen LogP contribution in [0.5, 0.6) is 0 Å². The van der Waals surface area contributed by atoms with E-state index in [2.05, 4.69) is 51.1 Å². The van der Waals surface area contributed by atoms with Crippen LogP contribution in [0.1, 0.15) is 53.9 Å². The second-order valence-electron chi connectivity index (χ2n) is 11.0. The highest BCUT2D eigenvalue weighted by Crippen LogP contribution is 2.43. The molecule has 3 aliphatic rings. The first kappa shape index (κ1) is 23.6. The number of hydrogen-bond donors (Lipinski definition) is 1. The number of fused-ring (bicyclic) bond motifs is 2. The summed E-state index contributed by atoms with van der Waals surface area (Å²) in [6.07, 6.45) is 2.75. The molecule has 1 aromatic carbocycles. The van der Waals surface area contributed by atoms with Crippen LogP contribution in [-0.4, -0.2) is 62.3 Å². The van der Waals surface area contributed by atoms with E-state index in [1.165, 1.54) is 0 Å². The number of nitrogens with zero attached hydrogens (tertiary/aromatic N) is 7. The normalized spacial score (nSPS) is 19.9. The molecule has 4 aromatic rings. The highest BCUT2D eigenvalue weighted by molar-refractivity contribution is 5.96. The van der Waals surface area contributed by atoms with Crippen molar-refractivity contribution in [3.63, 3.8) is 0 Å². The maximum atomic E-state index is 15.6. The number of halogens is 1. The van der Waals surface area contributed by atoms with E-state index in [1.54, 1.807) is 4.68 Å². The number of benzene rings is 1. The van der Waals surface area contributed by atoms with E-state index in [4.69, 9.17) is 14.7 Å². The maximum Gasteiger partial charge on any atom is 0.188 e. The summed E-state index contributed by atoms with van der Waals surface area (Å²) in [5, 5.41) is 13.2. The Labute approximate surface area is 221 Å². The summed E-state index contributed by atoms with van der Waals surface area (Å²) < 4.78 is 23.0. The monoisotopic (exact) mass is 516 g/mol. The molecule has 1 saturated heterocycles. The van der Waals surface area contributed by atoms with Crippen molar-refractivity contribution in [2.45, 2.75) is 58.5 Å². The Balaban J connectivity index is 1.37. The summed E-state index contributed by atoms with van der Waals surface area (Å²) in [7, 11) is 1.85. The molecule has 9 nitrogen and oxygen atoms in total. The molecule has 198 valence electrons. The van der Waals surface area contributed by atoms with Gasteiger partial charge in [0.2, 0.25) is 0 Å². The first-order chi connectivity index (χ1) is 18.4. The average molecular weight is 517 g/mol. The average Bonchev–Trinajstić information content (AvgIpc) is 3.62. The number of H-pyrrole nitrogens is 1. The van der Waals surface area contributed by atoms with Gasteiger partial charge in [0.05, 0.1) is 36.2 Å². The summed E-state index contributed by atoms with van der Waals surface area (Å²) in [5.74, 6) is 2.31. The topological polar surface area (TPSA) is 88.0 Å². The van der Waals surface area contributed by atoms with E-state index in [9.17, 15) is 0 Å². The van der Waals surface area contributed by atoms with Crippen LogP contribution in [0.4, 0.5) is 16.0 Å². The number of nitrogens with one attached hydrogen (secondary N) is 1. The van der Waals surface area contributed by atoms with Gasteiger partial charge in [0.1, 0.15) is 11.5 Å². The smallest absolute Gasteiger partial charge is 0.188 e. The van der Waals surface area contributed by atoms with Gasteiger partial charge >= 0.3 is 0 Å². The number of aromatic nitrogens is 6. The lowest BCUT2D eigenvalue weighted by Crippen LogP contribution is -2.45. The van der Waals surface area contributed by atoms with E-state index in [0.717, 1.165) is 70.0 Å². The lowest BCUT2D eigenvalue weighted by atomic mass is 9.99. The molecule has 2 fully saturated rings. The second kappa shape index (κ2) is 8.76. The fourth-order valence-corrected chi connectivity index (χ4v) is 6.10. The van der Waals surface area contributed by atoms with Crippen molar-refractivity contribution in [1.29, 1.82) is 0 Å². The number of ether oxygens (including phenoxy) is 1. The summed E-state index contributed by atoms with van der Waals surface area (Å²) in [6, 6.07) is 4.33. The number of rotatable bonds is 4. The van der Waals surface area contributed by atoms with Gasteiger partial charge in [0, 0.05) is 55.5 Å². The van der Waals surface area contributed by atoms with E-state index in [1.807, 2.05) is 14.0 Å². The number of anilines is 2. The highest BCUT2D eigenvalue weighted by Gasteiger charge is 2.36. The Kier molecular flexibility index (Phi) is 5.43. The van der Waals surface area contributed by atoms with E-state index < -0.39 is 0 Å². The van der Waals surface area contributed by atoms with Crippen molar-refractivity contribution in [3.05, 3.63) is 46.2 Å². The van der Waals surface area contributed by atoms with Gasteiger partial charge in [-0.25, -0.2) is 19.0 Å². The number of hydrogen-bond acceptors (Lipinski definition) is 7. The van der Waals surface area contributed by atoms with E-state index in [-0.39, 0.29) is 17.8 Å². The zero-order chi connectivity index (χ0) is 26.1. The molecule has 1 aliphatic carbocycles. The summed E-state index contributed by atoms with van der Waals surface area (Å²) in [4.78, 5) is 14.9. The predicted molar refractivity (Wildman–Crippen MR) is 144 cm³/mol. The molecule has 3 aromatic heterocycles. The minimum Gasteiger partial charge on any atom is -0.377 e. The molecular weight excluding hydrogens is 483 g/mol. The number of morpholine rings is 1. The molecule has 7 rings (SSSR count). The molecule has 38 heavy (non-hydrogen) atoms. The van der Waals surface area contributed by atoms with Crippen LogP contribution in [0.3, 0.4) is 0 Å². The summed E-state index contributed by atoms with van der Waals surface area (Å²) in [5.41, 5.74) is 6.76. The molecule has 0 amide bonds. The number of aryl methyl sites for hydroxylation is 3. The van der Waals surface area contributed by atoms with Crippen LogP contribution in [0.2, 0.25) is 0 Å². The largest absolute Gasteiger partial charge is 0.377 e. The first-order valence-corrected chi connectivity index (χ1v) is 13.6. The summed E-state index contributed by atoms with van der Waals surface area (Å²) >= 11 is 0. The van der Waals surface area contributed by atoms with Crippen LogP contribution >= 0.6 is 0 Å². The third-order valence-corrected chi connectivity index (χ3v) is 8.27. The Bertz CT molecular complexity index is 1550. The lowest BCUT2D eigenvalue weighted by molar-refractivity contribution is 0.0984. The molecule has 0 bridgehead atoms. The minimum atomic E-state index is -0.171. The van der Waals surface area contributed by atoms with Crippen LogP contribution in [0.15, 0.2) is 12.1 Å². The maximum absolute atomic E-state index is 15.6. The Morgan fingerprint density at radius 1 is 1.13 bits per heavy atom. The first-order valence-electron chi connectivity index (χ1n) is 13.6. The molecule has 1 saturated carbocycles. The zero-order valence-corrected chi connectivity index (χ0v) is 22.4. The van der Waals surface area contributed by atoms with Gasteiger partial charge < -0.3 is 14.5 Å². The fourth-order valence-electron chi connectivity index (χ4n) is 6.10. The third kappa shape index (κ3) is 3.68. The van der Waals surface area contributed by atoms with Gasteiger partial charge in [0.15, 0.2) is 17.5 Å². The van der Waals surface area contributed by atoms with Crippen LogP contribution in [-0.2, 0) is 24.8 Å². The Morgan fingerprint density at radius 3 is 2.76 bits per heavy atom. The van der Waals surface area contributed by atoms with Crippen molar-refractivity contribution >= 4 is 22.5 Å². The fraction of sp³-hybridized carbons (Fsp3) is 0.500. The van der Waals surface area contributed by atoms with Gasteiger partial charge in [-0.3, -0.25) is 5.10 Å². The van der Waals surface area contributed by atoms with Gasteiger partial charge in [-0.15, -0.1) is 0 Å². The Morgan fingerprint density at radius 2 is 1.97 bits per heavy atom. The summed E-state index contributed by atoms with van der Waals surface area (Å²) in [6.45, 7) is 9.56. The zero-order valence-electron chi connectivity index (χ0n) is 22.4. The molecule has 5 heterocycles. The molecule has 0 radical (unpaired) electrons. The van der Waals surface area contributed by atoms with Crippen molar-refractivity contribution in [1.82, 2.24) is 29.9 Å². The van der Waals surface area contributed by atoms with Gasteiger partial charge in [-0.05, 0) is 45.2 Å². The molecule has 10 heteroatoms. The van der Waals surface area contributed by atoms with Crippen LogP contribution in [0.25, 0.3) is 22.3 Å². The second-order valence-corrected chi connectivity index (χ2v) is 11.0. The van der Waals surface area contributed by atoms with Crippen molar-refractivity contribution in [3.8, 4) is 11.4 Å². The van der Waals surface area contributed by atoms with E-state index in [0.29, 0.717) is 44.2 Å². The van der Waals surface area contributed by atoms with E-state index >= 15 is 4.39 Å². The van der Waals surface area contributed by atoms with Gasteiger partial charge in [-0.1, -0.05) is 6.07 Å². The quantitative estimate of drug-likeness (QED) is 0.436. The Hall–Kier alpha value is -3.53. The van der Waals surface area contributed by atoms with Gasteiger partial charge in [0.25, 0.3) is 0 Å². The highest BCUT2D eigenvalue weighted by atomic mass is 19.1. The lowest BCUT2D eigenvalue weighted by Gasteiger charge is -2.38. The molecule has 0 spiro atoms. The molecule has 1 unspecified atom stereocenters.